The smallest absolute Gasteiger partial charge is 0.203 e. The fraction of sp³-hybridized carbons (Fsp3) is 0.500. The Morgan fingerprint density at radius 2 is 2.17 bits per heavy atom. The molecule has 4 N–H and O–H groups in total. The molecular formula is C18H27BrFN7O2S. The predicted octanol–water partition coefficient (Wildman–Crippen LogP) is 4.29. The van der Waals surface area contributed by atoms with Crippen LogP contribution in [0.25, 0.3) is 0 Å². The van der Waals surface area contributed by atoms with E-state index in [2.05, 4.69) is 71.8 Å². The van der Waals surface area contributed by atoms with Gasteiger partial charge in [0.2, 0.25) is 11.7 Å². The zero-order chi connectivity index (χ0) is 21.9. The Morgan fingerprint density at radius 3 is 2.83 bits per heavy atom. The number of halogens is 2. The van der Waals surface area contributed by atoms with E-state index in [9.17, 15) is 9.60 Å². The molecule has 0 amide bonds. The van der Waals surface area contributed by atoms with Crippen molar-refractivity contribution in [1.82, 2.24) is 19.3 Å². The van der Waals surface area contributed by atoms with Gasteiger partial charge in [-0.25, -0.2) is 18.0 Å². The van der Waals surface area contributed by atoms with Crippen LogP contribution in [0.15, 0.2) is 32.5 Å². The van der Waals surface area contributed by atoms with Gasteiger partial charge in [-0.05, 0) is 71.1 Å². The summed E-state index contributed by atoms with van der Waals surface area (Å²) < 4.78 is 24.1. The molecule has 0 saturated heterocycles. The average Bonchev–Trinajstić information content (AvgIpc) is 3.18. The molecule has 30 heavy (non-hydrogen) atoms. The van der Waals surface area contributed by atoms with Gasteiger partial charge in [0.15, 0.2) is 5.69 Å². The van der Waals surface area contributed by atoms with Gasteiger partial charge in [0.05, 0.1) is 4.47 Å². The highest BCUT2D eigenvalue weighted by atomic mass is 79.9. The summed E-state index contributed by atoms with van der Waals surface area (Å²) >= 11 is 4.75. The van der Waals surface area contributed by atoms with Crippen molar-refractivity contribution in [3.05, 3.63) is 34.2 Å². The molecule has 0 spiro atoms. The third-order valence-electron chi connectivity index (χ3n) is 3.76. The molecule has 0 bridgehead atoms. The molecule has 0 fully saturated rings. The maximum Gasteiger partial charge on any atom is 0.203 e. The largest absolute Gasteiger partial charge is 0.409 e. The predicted molar refractivity (Wildman–Crippen MR) is 121 cm³/mol. The van der Waals surface area contributed by atoms with E-state index in [0.717, 1.165) is 25.9 Å². The first-order valence-electron chi connectivity index (χ1n) is 9.63. The minimum atomic E-state index is -0.396. The number of rotatable bonds is 12. The highest BCUT2D eigenvalue weighted by Crippen LogP contribution is 2.21. The molecule has 1 heterocycles. The zero-order valence-corrected chi connectivity index (χ0v) is 19.6. The first kappa shape index (κ1) is 24.4. The Hall–Kier alpha value is -1.89. The van der Waals surface area contributed by atoms with Crippen molar-refractivity contribution in [3.8, 4) is 0 Å². The molecule has 0 aliphatic carbocycles. The van der Waals surface area contributed by atoms with Crippen LogP contribution in [-0.2, 0) is 0 Å². The molecule has 1 aromatic carbocycles. The van der Waals surface area contributed by atoms with E-state index in [1.165, 1.54) is 18.2 Å². The van der Waals surface area contributed by atoms with Crippen LogP contribution in [0.4, 0.5) is 15.9 Å². The average molecular weight is 504 g/mol. The van der Waals surface area contributed by atoms with Crippen LogP contribution in [0.3, 0.4) is 0 Å². The van der Waals surface area contributed by atoms with E-state index in [1.54, 1.807) is 12.1 Å². The van der Waals surface area contributed by atoms with Crippen molar-refractivity contribution in [2.75, 3.05) is 30.3 Å². The van der Waals surface area contributed by atoms with Gasteiger partial charge in [-0.2, -0.15) is 0 Å². The lowest BCUT2D eigenvalue weighted by Crippen LogP contribution is -2.27. The van der Waals surface area contributed by atoms with Gasteiger partial charge in [0, 0.05) is 43.5 Å². The normalized spacial score (nSPS) is 12.0. The molecule has 0 aliphatic rings. The molecule has 2 rings (SSSR count). The quantitative estimate of drug-likeness (QED) is 0.0840. The molecule has 2 aromatic rings. The van der Waals surface area contributed by atoms with Crippen molar-refractivity contribution in [2.45, 2.75) is 39.7 Å². The van der Waals surface area contributed by atoms with Crippen LogP contribution in [0, 0.1) is 5.82 Å². The van der Waals surface area contributed by atoms with E-state index in [1.807, 2.05) is 0 Å². The highest BCUT2D eigenvalue weighted by Gasteiger charge is 2.18. The second-order valence-electron chi connectivity index (χ2n) is 6.74. The topological polar surface area (TPSA) is 111 Å². The third-order valence-corrected chi connectivity index (χ3v) is 5.57. The summed E-state index contributed by atoms with van der Waals surface area (Å²) in [5.41, 5.74) is 0.731. The fourth-order valence-corrected chi connectivity index (χ4v) is 3.63. The van der Waals surface area contributed by atoms with Crippen molar-refractivity contribution < 1.29 is 14.2 Å². The number of anilines is 2. The summed E-state index contributed by atoms with van der Waals surface area (Å²) in [6.45, 7) is 8.86. The lowest BCUT2D eigenvalue weighted by molar-refractivity contribution is 0.305. The van der Waals surface area contributed by atoms with Gasteiger partial charge in [-0.1, -0.05) is 12.1 Å². The summed E-state index contributed by atoms with van der Waals surface area (Å²) in [6, 6.07) is 4.72. The van der Waals surface area contributed by atoms with E-state index >= 15 is 0 Å². The molecule has 0 aliphatic heterocycles. The molecular weight excluding hydrogens is 477 g/mol. The van der Waals surface area contributed by atoms with Gasteiger partial charge in [-0.3, -0.25) is 0 Å². The summed E-state index contributed by atoms with van der Waals surface area (Å²) in [5, 5.41) is 26.3. The molecule has 9 nitrogen and oxygen atoms in total. The van der Waals surface area contributed by atoms with Gasteiger partial charge in [0.25, 0.3) is 0 Å². The Bertz CT molecular complexity index is 822. The van der Waals surface area contributed by atoms with Crippen LogP contribution < -0.4 is 15.4 Å². The van der Waals surface area contributed by atoms with E-state index in [4.69, 9.17) is 4.63 Å². The van der Waals surface area contributed by atoms with Crippen LogP contribution in [0.2, 0.25) is 0 Å². The molecule has 12 heteroatoms. The van der Waals surface area contributed by atoms with Crippen molar-refractivity contribution in [1.29, 1.82) is 0 Å². The Kier molecular flexibility index (Phi) is 10.3. The number of oxime groups is 1. The summed E-state index contributed by atoms with van der Waals surface area (Å²) in [5.74, 6) is -0.0135. The van der Waals surface area contributed by atoms with Gasteiger partial charge in [0.1, 0.15) is 5.82 Å². The number of benzene rings is 1. The standard InChI is InChI=1S/C18H27BrFN7O2S/c1-4-9-27(30-26-12(2)3)10-5-8-21-17-16(24-29-25-17)18(23-28)22-13-6-7-15(20)14(19)11-13/h6-7,11-12,26,28H,4-5,8-10H2,1-3H3,(H,21,25)(H,22,23). The molecule has 0 unspecified atom stereocenters. The number of nitrogens with one attached hydrogen (secondary N) is 3. The fourth-order valence-electron chi connectivity index (χ4n) is 2.40. The van der Waals surface area contributed by atoms with Crippen LogP contribution in [0.1, 0.15) is 39.3 Å². The monoisotopic (exact) mass is 503 g/mol. The summed E-state index contributed by atoms with van der Waals surface area (Å²) in [7, 11) is 0. The number of hydrogen-bond donors (Lipinski definition) is 4. The summed E-state index contributed by atoms with van der Waals surface area (Å²) in [4.78, 5) is 0. The van der Waals surface area contributed by atoms with E-state index < -0.39 is 5.82 Å². The minimum absolute atomic E-state index is 0.0292. The van der Waals surface area contributed by atoms with Gasteiger partial charge >= 0.3 is 0 Å². The van der Waals surface area contributed by atoms with Crippen molar-refractivity contribution >= 4 is 45.4 Å². The molecule has 166 valence electrons. The number of hydrogen-bond acceptors (Lipinski definition) is 9. The van der Waals surface area contributed by atoms with Gasteiger partial charge < -0.3 is 15.8 Å². The maximum absolute atomic E-state index is 13.4. The first-order chi connectivity index (χ1) is 14.4. The Balaban J connectivity index is 1.91. The highest BCUT2D eigenvalue weighted by molar-refractivity contribution is 9.10. The van der Waals surface area contributed by atoms with Crippen LogP contribution in [-0.4, -0.2) is 51.3 Å². The molecule has 1 aromatic heterocycles. The van der Waals surface area contributed by atoms with Crippen molar-refractivity contribution in [3.63, 3.8) is 0 Å². The lowest BCUT2D eigenvalue weighted by Gasteiger charge is -2.21. The summed E-state index contributed by atoms with van der Waals surface area (Å²) in [6.07, 6.45) is 1.93. The maximum atomic E-state index is 13.4. The lowest BCUT2D eigenvalue weighted by atomic mass is 10.3. The number of nitrogens with zero attached hydrogens (tertiary/aromatic N) is 4. The van der Waals surface area contributed by atoms with Gasteiger partial charge in [-0.15, -0.1) is 0 Å². The molecule has 0 saturated carbocycles. The van der Waals surface area contributed by atoms with E-state index in [0.29, 0.717) is 24.1 Å². The second-order valence-corrected chi connectivity index (χ2v) is 8.53. The molecule has 0 atom stereocenters. The molecule has 0 radical (unpaired) electrons. The second kappa shape index (κ2) is 12.7. The Labute approximate surface area is 188 Å². The van der Waals surface area contributed by atoms with E-state index in [-0.39, 0.29) is 16.0 Å². The first-order valence-corrected chi connectivity index (χ1v) is 11.2. The minimum Gasteiger partial charge on any atom is -0.409 e. The SMILES string of the molecule is CCCN(CCCNc1nonc1/C(=N/O)Nc1ccc(F)c(Br)c1)SNC(C)C. The van der Waals surface area contributed by atoms with Crippen LogP contribution in [0.5, 0.6) is 0 Å². The number of aromatic nitrogens is 2. The number of amidine groups is 1. The van der Waals surface area contributed by atoms with Crippen LogP contribution >= 0.6 is 28.1 Å². The Morgan fingerprint density at radius 1 is 1.37 bits per heavy atom. The zero-order valence-electron chi connectivity index (χ0n) is 17.2. The third kappa shape index (κ3) is 7.74. The van der Waals surface area contributed by atoms with Crippen molar-refractivity contribution in [2.24, 2.45) is 5.16 Å².